The van der Waals surface area contributed by atoms with E-state index in [1.807, 2.05) is 54.6 Å². The van der Waals surface area contributed by atoms with Gasteiger partial charge in [-0.25, -0.2) is 0 Å². The first-order chi connectivity index (χ1) is 16.2. The van der Waals surface area contributed by atoms with Gasteiger partial charge in [0.05, 0.1) is 0 Å². The summed E-state index contributed by atoms with van der Waals surface area (Å²) in [7, 11) is 0. The highest BCUT2D eigenvalue weighted by Crippen LogP contribution is 2.33. The second kappa shape index (κ2) is 9.40. The van der Waals surface area contributed by atoms with Crippen molar-refractivity contribution in [1.82, 2.24) is 15.2 Å². The Bertz CT molecular complexity index is 1140. The SMILES string of the molecule is O=C(CN(Cc1ccc2c(c1)OCO2)C(=O)c1ccc(-c2ccccc2)[nH]1)NC1CCCC1. The van der Waals surface area contributed by atoms with E-state index in [0.717, 1.165) is 42.5 Å². The quantitative estimate of drug-likeness (QED) is 0.573. The number of benzene rings is 2. The van der Waals surface area contributed by atoms with Gasteiger partial charge in [0.25, 0.3) is 5.91 Å². The lowest BCUT2D eigenvalue weighted by atomic mass is 10.1. The molecule has 2 N–H and O–H groups in total. The summed E-state index contributed by atoms with van der Waals surface area (Å²) in [5.41, 5.74) is 3.18. The van der Waals surface area contributed by atoms with Gasteiger partial charge in [0.1, 0.15) is 12.2 Å². The summed E-state index contributed by atoms with van der Waals surface area (Å²) in [6.07, 6.45) is 4.27. The summed E-state index contributed by atoms with van der Waals surface area (Å²) in [5, 5.41) is 3.09. The summed E-state index contributed by atoms with van der Waals surface area (Å²) >= 11 is 0. The fourth-order valence-electron chi connectivity index (χ4n) is 4.45. The molecule has 0 bridgehead atoms. The molecular weight excluding hydrogens is 418 g/mol. The molecule has 170 valence electrons. The van der Waals surface area contributed by atoms with E-state index in [4.69, 9.17) is 9.47 Å². The number of hydrogen-bond acceptors (Lipinski definition) is 4. The largest absolute Gasteiger partial charge is 0.454 e. The number of carbonyl (C=O) groups is 2. The van der Waals surface area contributed by atoms with Crippen molar-refractivity contribution in [2.24, 2.45) is 0 Å². The number of carbonyl (C=O) groups excluding carboxylic acids is 2. The fraction of sp³-hybridized carbons (Fsp3) is 0.308. The third kappa shape index (κ3) is 4.87. The first kappa shape index (κ1) is 21.1. The molecule has 0 radical (unpaired) electrons. The van der Waals surface area contributed by atoms with Gasteiger partial charge in [-0.15, -0.1) is 0 Å². The predicted octanol–water partition coefficient (Wildman–Crippen LogP) is 4.11. The Morgan fingerprint density at radius 3 is 2.58 bits per heavy atom. The number of amides is 2. The summed E-state index contributed by atoms with van der Waals surface area (Å²) in [6.45, 7) is 0.465. The minimum absolute atomic E-state index is 0.0105. The number of fused-ring (bicyclic) bond motifs is 1. The van der Waals surface area contributed by atoms with Crippen molar-refractivity contribution in [3.63, 3.8) is 0 Å². The van der Waals surface area contributed by atoms with Gasteiger partial charge in [-0.2, -0.15) is 0 Å². The zero-order chi connectivity index (χ0) is 22.6. The zero-order valence-corrected chi connectivity index (χ0v) is 18.4. The molecule has 33 heavy (non-hydrogen) atoms. The van der Waals surface area contributed by atoms with E-state index in [1.165, 1.54) is 0 Å². The summed E-state index contributed by atoms with van der Waals surface area (Å²) in [6, 6.07) is 19.3. The van der Waals surface area contributed by atoms with Crippen LogP contribution in [-0.2, 0) is 11.3 Å². The van der Waals surface area contributed by atoms with Crippen LogP contribution < -0.4 is 14.8 Å². The maximum absolute atomic E-state index is 13.5. The summed E-state index contributed by atoms with van der Waals surface area (Å²) in [4.78, 5) is 31.0. The maximum Gasteiger partial charge on any atom is 0.271 e. The lowest BCUT2D eigenvalue weighted by Crippen LogP contribution is -2.43. The molecule has 1 saturated carbocycles. The molecule has 7 nitrogen and oxygen atoms in total. The number of rotatable bonds is 7. The molecule has 1 aliphatic heterocycles. The molecule has 1 aromatic heterocycles. The van der Waals surface area contributed by atoms with E-state index in [1.54, 1.807) is 11.0 Å². The number of nitrogens with one attached hydrogen (secondary N) is 2. The molecule has 1 aliphatic carbocycles. The van der Waals surface area contributed by atoms with Crippen LogP contribution in [-0.4, -0.2) is 41.1 Å². The minimum Gasteiger partial charge on any atom is -0.454 e. The molecule has 2 aliphatic rings. The Morgan fingerprint density at radius 2 is 1.76 bits per heavy atom. The van der Waals surface area contributed by atoms with Crippen LogP contribution >= 0.6 is 0 Å². The third-order valence-electron chi connectivity index (χ3n) is 6.15. The van der Waals surface area contributed by atoms with Crippen LogP contribution in [0.4, 0.5) is 0 Å². The topological polar surface area (TPSA) is 83.7 Å². The van der Waals surface area contributed by atoms with Gasteiger partial charge >= 0.3 is 0 Å². The number of ether oxygens (including phenoxy) is 2. The van der Waals surface area contributed by atoms with E-state index in [9.17, 15) is 9.59 Å². The Kier molecular flexibility index (Phi) is 6.02. The van der Waals surface area contributed by atoms with Gasteiger partial charge in [-0.05, 0) is 48.2 Å². The number of hydrogen-bond donors (Lipinski definition) is 2. The summed E-state index contributed by atoms with van der Waals surface area (Å²) in [5.74, 6) is 0.983. The Hall–Kier alpha value is -3.74. The van der Waals surface area contributed by atoms with E-state index in [-0.39, 0.29) is 37.7 Å². The average molecular weight is 446 g/mol. The van der Waals surface area contributed by atoms with Crippen molar-refractivity contribution < 1.29 is 19.1 Å². The molecular formula is C26H27N3O4. The normalized spacial score (nSPS) is 14.9. The van der Waals surface area contributed by atoms with Crippen molar-refractivity contribution in [3.8, 4) is 22.8 Å². The van der Waals surface area contributed by atoms with E-state index >= 15 is 0 Å². The first-order valence-electron chi connectivity index (χ1n) is 11.4. The van der Waals surface area contributed by atoms with Crippen LogP contribution in [0, 0.1) is 0 Å². The van der Waals surface area contributed by atoms with Crippen LogP contribution in [0.1, 0.15) is 41.7 Å². The molecule has 0 spiro atoms. The van der Waals surface area contributed by atoms with Crippen LogP contribution in [0.2, 0.25) is 0 Å². The van der Waals surface area contributed by atoms with Crippen molar-refractivity contribution in [1.29, 1.82) is 0 Å². The Balaban J connectivity index is 1.36. The highest BCUT2D eigenvalue weighted by molar-refractivity contribution is 5.95. The molecule has 2 heterocycles. The number of aromatic amines is 1. The van der Waals surface area contributed by atoms with Gasteiger partial charge in [0.2, 0.25) is 12.7 Å². The van der Waals surface area contributed by atoms with Crippen molar-refractivity contribution >= 4 is 11.8 Å². The average Bonchev–Trinajstić information content (AvgIpc) is 3.60. The molecule has 5 rings (SSSR count). The van der Waals surface area contributed by atoms with Crippen molar-refractivity contribution in [2.45, 2.75) is 38.3 Å². The number of H-pyrrole nitrogens is 1. The second-order valence-electron chi connectivity index (χ2n) is 8.55. The van der Waals surface area contributed by atoms with Crippen molar-refractivity contribution in [3.05, 3.63) is 71.9 Å². The molecule has 0 saturated heterocycles. The van der Waals surface area contributed by atoms with Gasteiger partial charge in [-0.1, -0.05) is 49.2 Å². The van der Waals surface area contributed by atoms with Crippen molar-refractivity contribution in [2.75, 3.05) is 13.3 Å². The lowest BCUT2D eigenvalue weighted by molar-refractivity contribution is -0.122. The molecule has 2 aromatic carbocycles. The monoisotopic (exact) mass is 445 g/mol. The molecule has 0 unspecified atom stereocenters. The number of nitrogens with zero attached hydrogens (tertiary/aromatic N) is 1. The van der Waals surface area contributed by atoms with E-state index < -0.39 is 0 Å². The molecule has 3 aromatic rings. The third-order valence-corrected chi connectivity index (χ3v) is 6.15. The van der Waals surface area contributed by atoms with Crippen LogP contribution in [0.25, 0.3) is 11.3 Å². The van der Waals surface area contributed by atoms with Crippen LogP contribution in [0.3, 0.4) is 0 Å². The summed E-state index contributed by atoms with van der Waals surface area (Å²) < 4.78 is 10.9. The predicted molar refractivity (Wildman–Crippen MR) is 124 cm³/mol. The Labute approximate surface area is 192 Å². The molecule has 0 atom stereocenters. The molecule has 2 amide bonds. The number of aromatic nitrogens is 1. The standard InChI is InChI=1S/C26H27N3O4/c30-25(27-20-8-4-5-9-20)16-29(15-18-10-13-23-24(14-18)33-17-32-23)26(31)22-12-11-21(28-22)19-6-2-1-3-7-19/h1-3,6-7,10-14,20,28H,4-5,8-9,15-17H2,(H,27,30). The highest BCUT2D eigenvalue weighted by Gasteiger charge is 2.24. The van der Waals surface area contributed by atoms with Gasteiger partial charge in [0, 0.05) is 18.3 Å². The smallest absolute Gasteiger partial charge is 0.271 e. The van der Waals surface area contributed by atoms with Gasteiger partial charge < -0.3 is 24.7 Å². The lowest BCUT2D eigenvalue weighted by Gasteiger charge is -2.23. The fourth-order valence-corrected chi connectivity index (χ4v) is 4.45. The second-order valence-corrected chi connectivity index (χ2v) is 8.55. The van der Waals surface area contributed by atoms with E-state index in [0.29, 0.717) is 17.2 Å². The van der Waals surface area contributed by atoms with Gasteiger partial charge in [-0.3, -0.25) is 9.59 Å². The van der Waals surface area contributed by atoms with Gasteiger partial charge in [0.15, 0.2) is 11.5 Å². The van der Waals surface area contributed by atoms with Crippen LogP contribution in [0.15, 0.2) is 60.7 Å². The van der Waals surface area contributed by atoms with Crippen LogP contribution in [0.5, 0.6) is 11.5 Å². The first-order valence-corrected chi connectivity index (χ1v) is 11.4. The Morgan fingerprint density at radius 1 is 0.970 bits per heavy atom. The molecule has 7 heteroatoms. The zero-order valence-electron chi connectivity index (χ0n) is 18.4. The highest BCUT2D eigenvalue weighted by atomic mass is 16.7. The molecule has 1 fully saturated rings. The maximum atomic E-state index is 13.5. The van der Waals surface area contributed by atoms with E-state index in [2.05, 4.69) is 10.3 Å². The minimum atomic E-state index is -0.226.